The lowest BCUT2D eigenvalue weighted by atomic mass is 10.0. The summed E-state index contributed by atoms with van der Waals surface area (Å²) in [6.45, 7) is 0. The monoisotopic (exact) mass is 192 g/mol. The van der Waals surface area contributed by atoms with E-state index in [-0.39, 0.29) is 23.6 Å². The number of carboxylic acids is 1. The molecule has 0 aromatic heterocycles. The van der Waals surface area contributed by atoms with E-state index in [9.17, 15) is 9.18 Å². The lowest BCUT2D eigenvalue weighted by molar-refractivity contribution is -0.139. The van der Waals surface area contributed by atoms with Crippen molar-refractivity contribution in [2.24, 2.45) is 11.8 Å². The first-order valence-electron chi connectivity index (χ1n) is 4.69. The summed E-state index contributed by atoms with van der Waals surface area (Å²) < 4.78 is 12.9. The molecule has 0 bridgehead atoms. The maximum Gasteiger partial charge on any atom is 0.307 e. The van der Waals surface area contributed by atoms with Crippen molar-refractivity contribution in [2.75, 3.05) is 0 Å². The van der Waals surface area contributed by atoms with E-state index in [4.69, 9.17) is 5.11 Å². The maximum absolute atomic E-state index is 12.9. The maximum atomic E-state index is 12.9. The minimum absolute atomic E-state index is 0.0817. The van der Waals surface area contributed by atoms with E-state index in [1.165, 1.54) is 12.1 Å². The van der Waals surface area contributed by atoms with Crippen molar-refractivity contribution in [1.82, 2.24) is 0 Å². The molecule has 1 saturated carbocycles. The molecule has 1 fully saturated rings. The molecule has 3 atom stereocenters. The highest BCUT2D eigenvalue weighted by Crippen LogP contribution is 2.61. The highest BCUT2D eigenvalue weighted by atomic mass is 19.1. The van der Waals surface area contributed by atoms with Crippen molar-refractivity contribution in [3.63, 3.8) is 0 Å². The van der Waals surface area contributed by atoms with Crippen molar-refractivity contribution in [3.8, 4) is 0 Å². The van der Waals surface area contributed by atoms with Crippen molar-refractivity contribution >= 4 is 5.97 Å². The van der Waals surface area contributed by atoms with Crippen molar-refractivity contribution in [1.29, 1.82) is 0 Å². The van der Waals surface area contributed by atoms with Gasteiger partial charge in [-0.2, -0.15) is 0 Å². The van der Waals surface area contributed by atoms with Crippen LogP contribution in [0.5, 0.6) is 0 Å². The topological polar surface area (TPSA) is 37.3 Å². The summed E-state index contributed by atoms with van der Waals surface area (Å²) in [5.74, 6) is -0.956. The Kier molecular flexibility index (Phi) is 1.34. The average molecular weight is 192 g/mol. The van der Waals surface area contributed by atoms with Gasteiger partial charge in [-0.1, -0.05) is 6.07 Å². The molecule has 3 rings (SSSR count). The van der Waals surface area contributed by atoms with Crippen LogP contribution in [0.1, 0.15) is 17.0 Å². The van der Waals surface area contributed by atoms with Crippen molar-refractivity contribution in [3.05, 3.63) is 35.1 Å². The van der Waals surface area contributed by atoms with Gasteiger partial charge in [0.15, 0.2) is 0 Å². The van der Waals surface area contributed by atoms with E-state index in [1.54, 1.807) is 6.07 Å². The van der Waals surface area contributed by atoms with Crippen LogP contribution in [-0.2, 0) is 11.2 Å². The molecule has 3 heteroatoms. The SMILES string of the molecule is O=C(O)[C@@H]1[C@@H]2Cc3ccc(F)cc3[C@H]21. The summed E-state index contributed by atoms with van der Waals surface area (Å²) in [6, 6.07) is 4.71. The van der Waals surface area contributed by atoms with Gasteiger partial charge in [0, 0.05) is 5.92 Å². The molecule has 0 unspecified atom stereocenters. The van der Waals surface area contributed by atoms with Gasteiger partial charge >= 0.3 is 5.97 Å². The lowest BCUT2D eigenvalue weighted by Crippen LogP contribution is -2.05. The molecule has 0 spiro atoms. The normalized spacial score (nSPS) is 32.2. The molecule has 1 aromatic rings. The largest absolute Gasteiger partial charge is 0.481 e. The van der Waals surface area contributed by atoms with Crippen LogP contribution in [0.4, 0.5) is 4.39 Å². The zero-order valence-electron chi connectivity index (χ0n) is 7.40. The number of hydrogen-bond acceptors (Lipinski definition) is 1. The third-order valence-corrected chi connectivity index (χ3v) is 3.38. The Labute approximate surface area is 80.4 Å². The highest BCUT2D eigenvalue weighted by molar-refractivity contribution is 5.77. The first-order chi connectivity index (χ1) is 6.68. The van der Waals surface area contributed by atoms with Crippen LogP contribution in [0, 0.1) is 17.7 Å². The van der Waals surface area contributed by atoms with Gasteiger partial charge in [0.1, 0.15) is 5.82 Å². The third-order valence-electron chi connectivity index (χ3n) is 3.38. The molecule has 0 saturated heterocycles. The van der Waals surface area contributed by atoms with Gasteiger partial charge in [0.25, 0.3) is 0 Å². The first kappa shape index (κ1) is 7.97. The Bertz CT molecular complexity index is 427. The molecule has 1 aromatic carbocycles. The summed E-state index contributed by atoms with van der Waals surface area (Å²) >= 11 is 0. The average Bonchev–Trinajstić information content (AvgIpc) is 2.73. The van der Waals surface area contributed by atoms with E-state index in [0.29, 0.717) is 0 Å². The molecule has 0 radical (unpaired) electrons. The van der Waals surface area contributed by atoms with Crippen LogP contribution >= 0.6 is 0 Å². The molecule has 1 N–H and O–H groups in total. The molecule has 0 aliphatic heterocycles. The number of benzene rings is 1. The van der Waals surface area contributed by atoms with E-state index in [0.717, 1.165) is 17.5 Å². The molecular formula is C11H9FO2. The predicted octanol–water partition coefficient (Wildman–Crippen LogP) is 1.80. The predicted molar refractivity (Wildman–Crippen MR) is 47.5 cm³/mol. The Balaban J connectivity index is 2.01. The lowest BCUT2D eigenvalue weighted by Gasteiger charge is -2.04. The minimum atomic E-state index is -0.741. The molecule has 0 heterocycles. The number of carbonyl (C=O) groups is 1. The van der Waals surface area contributed by atoms with Crippen LogP contribution in [0.3, 0.4) is 0 Å². The zero-order valence-corrected chi connectivity index (χ0v) is 7.40. The Morgan fingerprint density at radius 2 is 2.29 bits per heavy atom. The smallest absolute Gasteiger partial charge is 0.307 e. The van der Waals surface area contributed by atoms with Crippen LogP contribution in [0.2, 0.25) is 0 Å². The van der Waals surface area contributed by atoms with Crippen LogP contribution < -0.4 is 0 Å². The number of carboxylic acid groups (broad SMARTS) is 1. The summed E-state index contributed by atoms with van der Waals surface area (Å²) in [6.07, 6.45) is 0.803. The van der Waals surface area contributed by atoms with Gasteiger partial charge in [-0.15, -0.1) is 0 Å². The third kappa shape index (κ3) is 0.870. The number of fused-ring (bicyclic) bond motifs is 3. The van der Waals surface area contributed by atoms with E-state index in [2.05, 4.69) is 0 Å². The van der Waals surface area contributed by atoms with Crippen molar-refractivity contribution in [2.45, 2.75) is 12.3 Å². The molecule has 0 amide bonds. The van der Waals surface area contributed by atoms with Crippen LogP contribution in [0.15, 0.2) is 18.2 Å². The van der Waals surface area contributed by atoms with Gasteiger partial charge in [-0.05, 0) is 35.6 Å². The first-order valence-corrected chi connectivity index (χ1v) is 4.69. The fourth-order valence-electron chi connectivity index (χ4n) is 2.70. The van der Waals surface area contributed by atoms with E-state index >= 15 is 0 Å². The van der Waals surface area contributed by atoms with Gasteiger partial charge in [-0.25, -0.2) is 4.39 Å². The Hall–Kier alpha value is -1.38. The van der Waals surface area contributed by atoms with E-state index in [1.807, 2.05) is 0 Å². The zero-order chi connectivity index (χ0) is 9.87. The number of rotatable bonds is 1. The van der Waals surface area contributed by atoms with Gasteiger partial charge in [0.2, 0.25) is 0 Å². The molecule has 2 aliphatic rings. The number of aliphatic carboxylic acids is 1. The summed E-state index contributed by atoms with van der Waals surface area (Å²) in [5, 5.41) is 8.86. The second-order valence-corrected chi connectivity index (χ2v) is 4.10. The Morgan fingerprint density at radius 1 is 1.50 bits per heavy atom. The van der Waals surface area contributed by atoms with Gasteiger partial charge < -0.3 is 5.11 Å². The number of hydrogen-bond donors (Lipinski definition) is 1. The second-order valence-electron chi connectivity index (χ2n) is 4.10. The molecule has 14 heavy (non-hydrogen) atoms. The highest BCUT2D eigenvalue weighted by Gasteiger charge is 2.59. The number of halogens is 1. The van der Waals surface area contributed by atoms with Gasteiger partial charge in [0.05, 0.1) is 5.92 Å². The van der Waals surface area contributed by atoms with Crippen LogP contribution in [0.25, 0.3) is 0 Å². The summed E-state index contributed by atoms with van der Waals surface area (Å²) in [7, 11) is 0. The molecule has 72 valence electrons. The standard InChI is InChI=1S/C11H9FO2/c12-6-2-1-5-3-8-9(7(5)4-6)10(8)11(13)14/h1-2,4,8-10H,3H2,(H,13,14)/t8-,9-,10-/m1/s1. The van der Waals surface area contributed by atoms with Crippen molar-refractivity contribution < 1.29 is 14.3 Å². The summed E-state index contributed by atoms with van der Waals surface area (Å²) in [4.78, 5) is 10.8. The van der Waals surface area contributed by atoms with Crippen LogP contribution in [-0.4, -0.2) is 11.1 Å². The van der Waals surface area contributed by atoms with Gasteiger partial charge in [-0.3, -0.25) is 4.79 Å². The molecule has 2 aliphatic carbocycles. The van der Waals surface area contributed by atoms with E-state index < -0.39 is 5.97 Å². The fraction of sp³-hybridized carbons (Fsp3) is 0.364. The molecular weight excluding hydrogens is 183 g/mol. The second kappa shape index (κ2) is 2.35. The molecule has 2 nitrogen and oxygen atoms in total. The Morgan fingerprint density at radius 3 is 3.00 bits per heavy atom. The minimum Gasteiger partial charge on any atom is -0.481 e. The summed E-state index contributed by atoms with van der Waals surface area (Å²) in [5.41, 5.74) is 2.04. The fourth-order valence-corrected chi connectivity index (χ4v) is 2.70. The quantitative estimate of drug-likeness (QED) is 0.736.